The number of aromatic nitrogens is 2. The van der Waals surface area contributed by atoms with E-state index in [1.165, 1.54) is 0 Å². The maximum absolute atomic E-state index is 12.9. The van der Waals surface area contributed by atoms with Crippen molar-refractivity contribution < 1.29 is 19.1 Å². The summed E-state index contributed by atoms with van der Waals surface area (Å²) < 4.78 is 11.2. The zero-order chi connectivity index (χ0) is 24.4. The lowest BCUT2D eigenvalue weighted by Gasteiger charge is -2.38. The molecule has 3 rings (SSSR count). The van der Waals surface area contributed by atoms with Crippen LogP contribution in [0.3, 0.4) is 0 Å². The molecule has 1 aromatic rings. The van der Waals surface area contributed by atoms with E-state index >= 15 is 0 Å². The molecule has 0 amide bonds. The van der Waals surface area contributed by atoms with Gasteiger partial charge < -0.3 is 35.6 Å². The number of hydrogen-bond acceptors (Lipinski definition) is 11. The predicted octanol–water partition coefficient (Wildman–Crippen LogP) is 0.299. The van der Waals surface area contributed by atoms with E-state index in [9.17, 15) is 9.59 Å². The molecule has 2 saturated heterocycles. The van der Waals surface area contributed by atoms with Crippen molar-refractivity contribution in [1.82, 2.24) is 20.6 Å². The van der Waals surface area contributed by atoms with Crippen LogP contribution in [0.2, 0.25) is 0 Å². The molecule has 0 saturated carbocycles. The van der Waals surface area contributed by atoms with Crippen LogP contribution in [0.4, 0.5) is 17.6 Å². The fourth-order valence-electron chi connectivity index (χ4n) is 3.80. The molecule has 0 bridgehead atoms. The Morgan fingerprint density at radius 2 is 1.39 bits per heavy atom. The Balaban J connectivity index is 1.90. The van der Waals surface area contributed by atoms with Gasteiger partial charge in [-0.3, -0.25) is 0 Å². The molecular weight excluding hydrogens is 426 g/mol. The normalized spacial score (nSPS) is 22.1. The van der Waals surface area contributed by atoms with Crippen LogP contribution in [0.5, 0.6) is 0 Å². The molecule has 3 heterocycles. The SMILES string of the molecule is CC(C)(C)OC(=O)C1CNCCN1c1cc(N)nc(N2CCNCC2C(=O)OC(C)(C)C)n1. The van der Waals surface area contributed by atoms with Gasteiger partial charge >= 0.3 is 11.9 Å². The number of anilines is 3. The lowest BCUT2D eigenvalue weighted by Crippen LogP contribution is -2.58. The van der Waals surface area contributed by atoms with Crippen molar-refractivity contribution in [3.8, 4) is 0 Å². The number of ether oxygens (including phenoxy) is 2. The second-order valence-electron chi connectivity index (χ2n) is 10.3. The summed E-state index contributed by atoms with van der Waals surface area (Å²) >= 11 is 0. The van der Waals surface area contributed by atoms with Crippen molar-refractivity contribution in [2.75, 3.05) is 54.8 Å². The van der Waals surface area contributed by atoms with Gasteiger partial charge in [0.1, 0.15) is 34.9 Å². The number of nitrogen functional groups attached to an aromatic ring is 1. The van der Waals surface area contributed by atoms with Crippen molar-refractivity contribution in [2.45, 2.75) is 64.8 Å². The van der Waals surface area contributed by atoms with Crippen molar-refractivity contribution in [3.05, 3.63) is 6.07 Å². The first kappa shape index (κ1) is 25.0. The van der Waals surface area contributed by atoms with E-state index in [1.807, 2.05) is 51.3 Å². The molecule has 33 heavy (non-hydrogen) atoms. The first-order valence-corrected chi connectivity index (χ1v) is 11.4. The quantitative estimate of drug-likeness (QED) is 0.532. The standard InChI is InChI=1S/C22H37N7O4/c1-21(2,3)32-18(30)14-12-24-7-9-28(14)17-11-16(23)26-20(27-17)29-10-8-25-13-15(29)19(31)33-22(4,5)6/h11,14-15,24-25H,7-10,12-13H2,1-6H3,(H2,23,26,27). The van der Waals surface area contributed by atoms with Crippen LogP contribution in [0.15, 0.2) is 6.07 Å². The van der Waals surface area contributed by atoms with E-state index in [2.05, 4.69) is 15.6 Å². The van der Waals surface area contributed by atoms with E-state index in [0.29, 0.717) is 51.0 Å². The van der Waals surface area contributed by atoms with E-state index in [0.717, 1.165) is 0 Å². The van der Waals surface area contributed by atoms with E-state index in [1.54, 1.807) is 6.07 Å². The third kappa shape index (κ3) is 6.67. The minimum absolute atomic E-state index is 0.262. The Morgan fingerprint density at radius 1 is 0.909 bits per heavy atom. The number of nitrogens with zero attached hydrogens (tertiary/aromatic N) is 4. The van der Waals surface area contributed by atoms with Crippen LogP contribution in [0.25, 0.3) is 0 Å². The number of carbonyl (C=O) groups excluding carboxylic acids is 2. The third-order valence-electron chi connectivity index (χ3n) is 5.12. The molecule has 2 aliphatic heterocycles. The van der Waals surface area contributed by atoms with Crippen molar-refractivity contribution >= 4 is 29.5 Å². The van der Waals surface area contributed by atoms with Crippen LogP contribution in [-0.4, -0.2) is 84.5 Å². The van der Waals surface area contributed by atoms with Gasteiger partial charge in [0.25, 0.3) is 0 Å². The molecule has 2 atom stereocenters. The number of carbonyl (C=O) groups is 2. The fraction of sp³-hybridized carbons (Fsp3) is 0.727. The van der Waals surface area contributed by atoms with Crippen molar-refractivity contribution in [2.24, 2.45) is 0 Å². The third-order valence-corrected chi connectivity index (χ3v) is 5.12. The van der Waals surface area contributed by atoms with E-state index < -0.39 is 23.3 Å². The molecule has 0 spiro atoms. The predicted molar refractivity (Wildman–Crippen MR) is 126 cm³/mol. The van der Waals surface area contributed by atoms with Gasteiger partial charge in [-0.05, 0) is 41.5 Å². The number of piperazine rings is 2. The van der Waals surface area contributed by atoms with Gasteiger partial charge in [0.05, 0.1) is 0 Å². The van der Waals surface area contributed by atoms with Gasteiger partial charge in [0.15, 0.2) is 0 Å². The average Bonchev–Trinajstić information content (AvgIpc) is 2.71. The molecule has 4 N–H and O–H groups in total. The lowest BCUT2D eigenvalue weighted by molar-refractivity contribution is -0.157. The largest absolute Gasteiger partial charge is 0.458 e. The molecule has 2 fully saturated rings. The van der Waals surface area contributed by atoms with Gasteiger partial charge in [-0.25, -0.2) is 9.59 Å². The molecule has 11 heteroatoms. The summed E-state index contributed by atoms with van der Waals surface area (Å²) in [4.78, 5) is 38.6. The van der Waals surface area contributed by atoms with E-state index in [4.69, 9.17) is 20.2 Å². The second kappa shape index (κ2) is 9.68. The highest BCUT2D eigenvalue weighted by molar-refractivity contribution is 5.82. The Morgan fingerprint density at radius 3 is 1.91 bits per heavy atom. The number of nitrogens with two attached hydrogens (primary N) is 1. The zero-order valence-electron chi connectivity index (χ0n) is 20.5. The monoisotopic (exact) mass is 463 g/mol. The molecule has 0 radical (unpaired) electrons. The smallest absolute Gasteiger partial charge is 0.330 e. The second-order valence-corrected chi connectivity index (χ2v) is 10.3. The summed E-state index contributed by atoms with van der Waals surface area (Å²) in [5, 5.41) is 6.47. The number of rotatable bonds is 4. The first-order chi connectivity index (χ1) is 15.3. The van der Waals surface area contributed by atoms with Crippen LogP contribution in [0.1, 0.15) is 41.5 Å². The first-order valence-electron chi connectivity index (χ1n) is 11.4. The maximum Gasteiger partial charge on any atom is 0.330 e. The molecule has 11 nitrogen and oxygen atoms in total. The van der Waals surface area contributed by atoms with Gasteiger partial charge in [-0.2, -0.15) is 9.97 Å². The number of esters is 2. The highest BCUT2D eigenvalue weighted by Crippen LogP contribution is 2.25. The minimum atomic E-state index is -0.608. The van der Waals surface area contributed by atoms with E-state index in [-0.39, 0.29) is 17.8 Å². The van der Waals surface area contributed by atoms with Crippen LogP contribution < -0.4 is 26.2 Å². The zero-order valence-corrected chi connectivity index (χ0v) is 20.5. The highest BCUT2D eigenvalue weighted by Gasteiger charge is 2.36. The molecule has 1 aromatic heterocycles. The summed E-state index contributed by atoms with van der Waals surface area (Å²) in [6.07, 6.45) is 0. The summed E-state index contributed by atoms with van der Waals surface area (Å²) in [5.41, 5.74) is 4.94. The average molecular weight is 464 g/mol. The Bertz CT molecular complexity index is 799. The van der Waals surface area contributed by atoms with Crippen LogP contribution in [0, 0.1) is 0 Å². The van der Waals surface area contributed by atoms with Crippen LogP contribution >= 0.6 is 0 Å². The Labute approximate surface area is 195 Å². The topological polar surface area (TPSA) is 135 Å². The van der Waals surface area contributed by atoms with Gasteiger partial charge in [0.2, 0.25) is 5.95 Å². The molecule has 0 aromatic carbocycles. The maximum atomic E-state index is 12.9. The summed E-state index contributed by atoms with van der Waals surface area (Å²) in [5.74, 6) is 0.441. The molecular formula is C22H37N7O4. The van der Waals surface area contributed by atoms with Gasteiger partial charge in [-0.1, -0.05) is 0 Å². The summed E-state index contributed by atoms with van der Waals surface area (Å²) in [6.45, 7) is 14.3. The molecule has 184 valence electrons. The molecule has 2 aliphatic rings. The van der Waals surface area contributed by atoms with Crippen molar-refractivity contribution in [3.63, 3.8) is 0 Å². The van der Waals surface area contributed by atoms with Gasteiger partial charge in [0, 0.05) is 45.3 Å². The summed E-state index contributed by atoms with van der Waals surface area (Å²) in [6, 6.07) is 0.513. The Kier molecular flexibility index (Phi) is 7.32. The van der Waals surface area contributed by atoms with Crippen molar-refractivity contribution in [1.29, 1.82) is 0 Å². The highest BCUT2D eigenvalue weighted by atomic mass is 16.6. The molecule has 2 unspecified atom stereocenters. The minimum Gasteiger partial charge on any atom is -0.458 e. The summed E-state index contributed by atoms with van der Waals surface area (Å²) in [7, 11) is 0. The molecule has 0 aliphatic carbocycles. The fourth-order valence-corrected chi connectivity index (χ4v) is 3.80. The number of nitrogens with one attached hydrogen (secondary N) is 2. The number of hydrogen-bond donors (Lipinski definition) is 3. The lowest BCUT2D eigenvalue weighted by atomic mass is 10.1. The van der Waals surface area contributed by atoms with Crippen LogP contribution in [-0.2, 0) is 19.1 Å². The Hall–Kier alpha value is -2.66. The van der Waals surface area contributed by atoms with Gasteiger partial charge in [-0.15, -0.1) is 0 Å².